The second-order valence-corrected chi connectivity index (χ2v) is 1.46. The largest absolute Gasteiger partial charge is 0.277 e. The molecule has 0 spiro atoms. The Morgan fingerprint density at radius 2 is 2.10 bits per heavy atom. The van der Waals surface area contributed by atoms with Gasteiger partial charge in [-0.2, -0.15) is 0 Å². The molecule has 0 saturated carbocycles. The van der Waals surface area contributed by atoms with Gasteiger partial charge in [0.2, 0.25) is 12.4 Å². The van der Waals surface area contributed by atoms with Crippen LogP contribution in [-0.4, -0.2) is 16.4 Å². The number of carbonyl (C=O) groups excluding carboxylic acids is 1. The van der Waals surface area contributed by atoms with Crippen molar-refractivity contribution in [3.8, 4) is 0 Å². The van der Waals surface area contributed by atoms with Gasteiger partial charge in [0.05, 0.1) is 0 Å². The number of nitrogens with zero attached hydrogens (tertiary/aromatic N) is 2. The van der Waals surface area contributed by atoms with Crippen LogP contribution >= 0.6 is 0 Å². The standard InChI is InChI=1S/C5H6N4O/c10-4-8-9-5-6-2-1-3-7-5/h1-4H,(H,8,10)(H,6,7,9). The molecule has 0 aliphatic carbocycles. The van der Waals surface area contributed by atoms with E-state index in [0.717, 1.165) is 0 Å². The number of anilines is 1. The average Bonchev–Trinajstić information content (AvgIpc) is 2.03. The molecule has 52 valence electrons. The molecule has 0 bridgehead atoms. The van der Waals surface area contributed by atoms with Gasteiger partial charge in [-0.25, -0.2) is 9.97 Å². The Morgan fingerprint density at radius 3 is 2.70 bits per heavy atom. The van der Waals surface area contributed by atoms with Gasteiger partial charge in [-0.3, -0.25) is 15.6 Å². The van der Waals surface area contributed by atoms with E-state index in [2.05, 4.69) is 20.8 Å². The van der Waals surface area contributed by atoms with Crippen LogP contribution in [0, 0.1) is 0 Å². The zero-order chi connectivity index (χ0) is 7.23. The van der Waals surface area contributed by atoms with Crippen molar-refractivity contribution in [3.63, 3.8) is 0 Å². The number of rotatable bonds is 3. The van der Waals surface area contributed by atoms with E-state index in [4.69, 9.17) is 0 Å². The first kappa shape index (κ1) is 6.47. The number of hydrogen-bond donors (Lipinski definition) is 2. The SMILES string of the molecule is O=CNNc1ncccn1. The van der Waals surface area contributed by atoms with Crippen LogP contribution in [0.1, 0.15) is 0 Å². The highest BCUT2D eigenvalue weighted by molar-refractivity contribution is 5.48. The highest BCUT2D eigenvalue weighted by Crippen LogP contribution is 1.88. The first-order chi connectivity index (χ1) is 4.93. The minimum absolute atomic E-state index is 0.370. The van der Waals surface area contributed by atoms with Gasteiger partial charge in [-0.05, 0) is 6.07 Å². The molecule has 0 aliphatic rings. The maximum Gasteiger partial charge on any atom is 0.241 e. The molecule has 0 aliphatic heterocycles. The molecule has 1 rings (SSSR count). The van der Waals surface area contributed by atoms with Crippen molar-refractivity contribution >= 4 is 12.4 Å². The quantitative estimate of drug-likeness (QED) is 0.438. The molecule has 1 heterocycles. The minimum Gasteiger partial charge on any atom is -0.277 e. The van der Waals surface area contributed by atoms with Gasteiger partial charge in [0.15, 0.2) is 0 Å². The van der Waals surface area contributed by atoms with Crippen molar-refractivity contribution in [3.05, 3.63) is 18.5 Å². The van der Waals surface area contributed by atoms with E-state index in [1.165, 1.54) is 0 Å². The fourth-order valence-electron chi connectivity index (χ4n) is 0.458. The molecule has 0 saturated heterocycles. The van der Waals surface area contributed by atoms with Gasteiger partial charge >= 0.3 is 0 Å². The summed E-state index contributed by atoms with van der Waals surface area (Å²) in [6.45, 7) is 0. The lowest BCUT2D eigenvalue weighted by atomic mass is 10.7. The Hall–Kier alpha value is -1.65. The summed E-state index contributed by atoms with van der Waals surface area (Å²) >= 11 is 0. The normalized spacial score (nSPS) is 8.40. The molecule has 10 heavy (non-hydrogen) atoms. The zero-order valence-corrected chi connectivity index (χ0v) is 5.11. The van der Waals surface area contributed by atoms with E-state index in [-0.39, 0.29) is 0 Å². The van der Waals surface area contributed by atoms with Crippen LogP contribution in [0.4, 0.5) is 5.95 Å². The third kappa shape index (κ3) is 1.70. The van der Waals surface area contributed by atoms with Gasteiger partial charge in [-0.15, -0.1) is 0 Å². The van der Waals surface area contributed by atoms with Crippen LogP contribution in [0.5, 0.6) is 0 Å². The van der Waals surface area contributed by atoms with E-state index >= 15 is 0 Å². The highest BCUT2D eigenvalue weighted by atomic mass is 16.1. The van der Waals surface area contributed by atoms with Gasteiger partial charge in [0, 0.05) is 12.4 Å². The summed E-state index contributed by atoms with van der Waals surface area (Å²) in [5.41, 5.74) is 4.66. The smallest absolute Gasteiger partial charge is 0.241 e. The van der Waals surface area contributed by atoms with Crippen LogP contribution in [0.3, 0.4) is 0 Å². The van der Waals surface area contributed by atoms with Crippen molar-refractivity contribution in [2.75, 3.05) is 5.43 Å². The zero-order valence-electron chi connectivity index (χ0n) is 5.11. The predicted molar refractivity (Wildman–Crippen MR) is 34.9 cm³/mol. The molecule has 1 aromatic heterocycles. The molecule has 1 aromatic rings. The van der Waals surface area contributed by atoms with Crippen molar-refractivity contribution in [2.24, 2.45) is 0 Å². The summed E-state index contributed by atoms with van der Waals surface area (Å²) < 4.78 is 0. The fourth-order valence-corrected chi connectivity index (χ4v) is 0.458. The topological polar surface area (TPSA) is 66.9 Å². The van der Waals surface area contributed by atoms with E-state index in [1.54, 1.807) is 18.5 Å². The number of amides is 1. The van der Waals surface area contributed by atoms with Crippen LogP contribution < -0.4 is 10.9 Å². The number of hydrogen-bond acceptors (Lipinski definition) is 4. The molecule has 0 aromatic carbocycles. The third-order valence-corrected chi connectivity index (χ3v) is 0.809. The molecule has 2 N–H and O–H groups in total. The van der Waals surface area contributed by atoms with Crippen LogP contribution in [0.15, 0.2) is 18.5 Å². The summed E-state index contributed by atoms with van der Waals surface area (Å²) in [6, 6.07) is 1.69. The van der Waals surface area contributed by atoms with E-state index in [0.29, 0.717) is 12.4 Å². The monoisotopic (exact) mass is 138 g/mol. The minimum atomic E-state index is 0.370. The fraction of sp³-hybridized carbons (Fsp3) is 0. The summed E-state index contributed by atoms with van der Waals surface area (Å²) in [5.74, 6) is 0.370. The van der Waals surface area contributed by atoms with Crippen LogP contribution in [0.2, 0.25) is 0 Å². The Bertz CT molecular complexity index is 200. The molecule has 0 fully saturated rings. The molecular weight excluding hydrogens is 132 g/mol. The maximum atomic E-state index is 9.75. The Morgan fingerprint density at radius 1 is 1.40 bits per heavy atom. The van der Waals surface area contributed by atoms with E-state index < -0.39 is 0 Å². The Balaban J connectivity index is 2.50. The number of hydrazine groups is 1. The van der Waals surface area contributed by atoms with Crippen LogP contribution in [-0.2, 0) is 4.79 Å². The number of carbonyl (C=O) groups is 1. The van der Waals surface area contributed by atoms with Crippen molar-refractivity contribution < 1.29 is 4.79 Å². The summed E-state index contributed by atoms with van der Waals surface area (Å²) in [5, 5.41) is 0. The lowest BCUT2D eigenvalue weighted by Gasteiger charge is -1.98. The van der Waals surface area contributed by atoms with Crippen LogP contribution in [0.25, 0.3) is 0 Å². The number of nitrogens with one attached hydrogen (secondary N) is 2. The van der Waals surface area contributed by atoms with Crippen molar-refractivity contribution in [2.45, 2.75) is 0 Å². The van der Waals surface area contributed by atoms with E-state index in [9.17, 15) is 4.79 Å². The van der Waals surface area contributed by atoms with Gasteiger partial charge < -0.3 is 0 Å². The Kier molecular flexibility index (Phi) is 2.19. The van der Waals surface area contributed by atoms with Crippen molar-refractivity contribution in [1.29, 1.82) is 0 Å². The second kappa shape index (κ2) is 3.39. The predicted octanol–water partition coefficient (Wildman–Crippen LogP) is -0.451. The first-order valence-electron chi connectivity index (χ1n) is 2.65. The highest BCUT2D eigenvalue weighted by Gasteiger charge is 1.86. The van der Waals surface area contributed by atoms with Gasteiger partial charge in [0.25, 0.3) is 0 Å². The molecule has 0 radical (unpaired) electrons. The molecule has 0 unspecified atom stereocenters. The first-order valence-corrected chi connectivity index (χ1v) is 2.65. The maximum absolute atomic E-state index is 9.75. The molecule has 5 nitrogen and oxygen atoms in total. The summed E-state index contributed by atoms with van der Waals surface area (Å²) in [4.78, 5) is 17.3. The van der Waals surface area contributed by atoms with Gasteiger partial charge in [0.1, 0.15) is 0 Å². The molecule has 1 amide bonds. The number of aromatic nitrogens is 2. The lowest BCUT2D eigenvalue weighted by Crippen LogP contribution is -2.20. The van der Waals surface area contributed by atoms with E-state index in [1.807, 2.05) is 0 Å². The lowest BCUT2D eigenvalue weighted by molar-refractivity contribution is -0.109. The summed E-state index contributed by atoms with van der Waals surface area (Å²) in [6.07, 6.45) is 3.65. The third-order valence-electron chi connectivity index (χ3n) is 0.809. The Labute approximate surface area is 57.5 Å². The molecule has 0 atom stereocenters. The summed E-state index contributed by atoms with van der Waals surface area (Å²) in [7, 11) is 0. The molecule has 5 heteroatoms. The second-order valence-electron chi connectivity index (χ2n) is 1.46. The van der Waals surface area contributed by atoms with Gasteiger partial charge in [-0.1, -0.05) is 0 Å². The molecular formula is C5H6N4O. The van der Waals surface area contributed by atoms with Crippen molar-refractivity contribution in [1.82, 2.24) is 15.4 Å². The average molecular weight is 138 g/mol.